The molecule has 0 fully saturated rings. The number of fused-ring (bicyclic) bond motifs is 1. The smallest absolute Gasteiger partial charge is 0.187 e. The molecular weight excluding hydrogens is 423 g/mol. The molecule has 0 radical (unpaired) electrons. The zero-order valence-corrected chi connectivity index (χ0v) is 18.3. The topological polar surface area (TPSA) is 89.4 Å². The Balaban J connectivity index is 0.00000136. The molecule has 0 bridgehead atoms. The molecule has 10 heteroatoms. The minimum absolute atomic E-state index is 0.355. The number of halogens is 2. The minimum Gasteiger partial charge on any atom is -0.495 e. The maximum absolute atomic E-state index is 7.00. The van der Waals surface area contributed by atoms with Gasteiger partial charge in [0.25, 0.3) is 0 Å². The molecule has 7 nitrogen and oxygen atoms in total. The van der Waals surface area contributed by atoms with Crippen molar-refractivity contribution in [3.63, 3.8) is 0 Å². The van der Waals surface area contributed by atoms with Crippen LogP contribution in [-0.4, -0.2) is 54.7 Å². The van der Waals surface area contributed by atoms with Gasteiger partial charge in [-0.1, -0.05) is 35.0 Å². The van der Waals surface area contributed by atoms with Crippen LogP contribution in [0.3, 0.4) is 0 Å². The van der Waals surface area contributed by atoms with Crippen molar-refractivity contribution in [2.45, 2.75) is 5.16 Å². The van der Waals surface area contributed by atoms with Gasteiger partial charge in [0, 0.05) is 37.4 Å². The summed E-state index contributed by atoms with van der Waals surface area (Å²) in [6, 6.07) is 3.48. The third kappa shape index (κ3) is 4.20. The fourth-order valence-electron chi connectivity index (χ4n) is 2.53. The highest BCUT2D eigenvalue weighted by molar-refractivity contribution is 7.98. The molecule has 3 rings (SSSR count). The number of anilines is 1. The zero-order valence-electron chi connectivity index (χ0n) is 16.0. The number of nitrogens with one attached hydrogen (secondary N) is 1. The van der Waals surface area contributed by atoms with E-state index in [4.69, 9.17) is 37.8 Å². The van der Waals surface area contributed by atoms with Crippen LogP contribution in [0, 0.1) is 0 Å². The summed E-state index contributed by atoms with van der Waals surface area (Å²) in [7, 11) is 5.84. The second-order valence-electron chi connectivity index (χ2n) is 5.18. The first-order valence-electron chi connectivity index (χ1n) is 7.98. The fourth-order valence-corrected chi connectivity index (χ4v) is 3.57. The van der Waals surface area contributed by atoms with E-state index < -0.39 is 0 Å². The van der Waals surface area contributed by atoms with Gasteiger partial charge in [0.2, 0.25) is 0 Å². The Labute approximate surface area is 177 Å². The van der Waals surface area contributed by atoms with Crippen molar-refractivity contribution in [3.8, 4) is 22.8 Å². The molecule has 0 saturated carbocycles. The van der Waals surface area contributed by atoms with Crippen LogP contribution in [0.4, 0.5) is 5.82 Å². The quantitative estimate of drug-likeness (QED) is 0.444. The lowest BCUT2D eigenvalue weighted by atomic mass is 10.1. The average Bonchev–Trinajstić information content (AvgIpc) is 2.74. The maximum Gasteiger partial charge on any atom is 0.187 e. The first-order chi connectivity index (χ1) is 13.5. The summed E-state index contributed by atoms with van der Waals surface area (Å²) in [5.41, 5.74) is 1.81. The third-order valence-electron chi connectivity index (χ3n) is 3.79. The predicted molar refractivity (Wildman–Crippen MR) is 115 cm³/mol. The Hall–Kier alpha value is -2.00. The highest BCUT2D eigenvalue weighted by Gasteiger charge is 2.21. The van der Waals surface area contributed by atoms with Crippen molar-refractivity contribution in [1.29, 1.82) is 0 Å². The normalized spacial score (nSPS) is 10.3. The number of methoxy groups -OCH3 is 2. The minimum atomic E-state index is 0.355. The van der Waals surface area contributed by atoms with Crippen LogP contribution in [0.15, 0.2) is 23.5 Å². The summed E-state index contributed by atoms with van der Waals surface area (Å²) in [6.45, 7) is 0. The monoisotopic (exact) mass is 442 g/mol. The molecule has 28 heavy (non-hydrogen) atoms. The lowest BCUT2D eigenvalue weighted by Crippen LogP contribution is -2.00. The van der Waals surface area contributed by atoms with E-state index in [9.17, 15) is 0 Å². The predicted octanol–water partition coefficient (Wildman–Crippen LogP) is 4.39. The third-order valence-corrected chi connectivity index (χ3v) is 5.11. The van der Waals surface area contributed by atoms with Crippen molar-refractivity contribution in [1.82, 2.24) is 15.0 Å². The van der Waals surface area contributed by atoms with Crippen LogP contribution in [0.5, 0.6) is 11.5 Å². The highest BCUT2D eigenvalue weighted by atomic mass is 35.5. The van der Waals surface area contributed by atoms with Gasteiger partial charge in [-0.25, -0.2) is 15.0 Å². The van der Waals surface area contributed by atoms with Crippen molar-refractivity contribution in [2.75, 3.05) is 39.9 Å². The Bertz CT molecular complexity index is 961. The lowest BCUT2D eigenvalue weighted by Gasteiger charge is -2.15. The van der Waals surface area contributed by atoms with E-state index in [2.05, 4.69) is 20.3 Å². The van der Waals surface area contributed by atoms with Gasteiger partial charge in [-0.15, -0.1) is 0 Å². The average molecular weight is 443 g/mol. The van der Waals surface area contributed by atoms with Gasteiger partial charge in [-0.3, -0.25) is 0 Å². The standard InChI is InChI=1S/C17H16Cl2N4O2S.CH4O/c1-20-16-15-8(7-21-17(23-15)26-4)5-9(22-16)12-13(18)10(24-2)6-11(25-3)14(12)19;1-2/h5-7H,1-4H3,(H,20,22);2H,1H3. The number of ether oxygens (including phenoxy) is 2. The summed E-state index contributed by atoms with van der Waals surface area (Å²) < 4.78 is 10.7. The Kier molecular flexibility index (Phi) is 7.94. The zero-order chi connectivity index (χ0) is 20.8. The molecule has 0 unspecified atom stereocenters. The first-order valence-corrected chi connectivity index (χ1v) is 9.96. The highest BCUT2D eigenvalue weighted by Crippen LogP contribution is 2.46. The van der Waals surface area contributed by atoms with Gasteiger partial charge in [-0.2, -0.15) is 0 Å². The molecule has 0 aliphatic rings. The van der Waals surface area contributed by atoms with E-state index in [-0.39, 0.29) is 0 Å². The number of pyridine rings is 1. The molecular formula is C18H20Cl2N4O3S. The molecule has 0 spiro atoms. The number of aromatic nitrogens is 3. The number of aliphatic hydroxyl groups excluding tert-OH is 1. The van der Waals surface area contributed by atoms with Crippen molar-refractivity contribution in [2.24, 2.45) is 0 Å². The van der Waals surface area contributed by atoms with Gasteiger partial charge in [0.05, 0.1) is 30.0 Å². The van der Waals surface area contributed by atoms with Crippen LogP contribution in [-0.2, 0) is 0 Å². The molecule has 2 aromatic heterocycles. The number of benzene rings is 1. The van der Waals surface area contributed by atoms with Crippen molar-refractivity contribution < 1.29 is 14.6 Å². The maximum atomic E-state index is 7.00. The van der Waals surface area contributed by atoms with Crippen molar-refractivity contribution in [3.05, 3.63) is 28.4 Å². The van der Waals surface area contributed by atoms with Crippen LogP contribution in [0.25, 0.3) is 22.2 Å². The summed E-state index contributed by atoms with van der Waals surface area (Å²) >= 11 is 14.5. The largest absolute Gasteiger partial charge is 0.495 e. The van der Waals surface area contributed by atoms with Crippen molar-refractivity contribution >= 4 is 51.7 Å². The Morgan fingerprint density at radius 2 is 1.64 bits per heavy atom. The van der Waals surface area contributed by atoms with Gasteiger partial charge in [-0.05, 0) is 12.3 Å². The van der Waals surface area contributed by atoms with E-state index in [1.807, 2.05) is 12.3 Å². The molecule has 0 amide bonds. The van der Waals surface area contributed by atoms with E-state index in [0.29, 0.717) is 43.8 Å². The molecule has 0 aliphatic heterocycles. The van der Waals surface area contributed by atoms with E-state index in [0.717, 1.165) is 18.0 Å². The van der Waals surface area contributed by atoms with Crippen LogP contribution >= 0.6 is 35.0 Å². The molecule has 3 aromatic rings. The molecule has 0 saturated heterocycles. The van der Waals surface area contributed by atoms with Gasteiger partial charge < -0.3 is 19.9 Å². The number of nitrogens with zero attached hydrogens (tertiary/aromatic N) is 3. The van der Waals surface area contributed by atoms with Gasteiger partial charge in [0.15, 0.2) is 11.0 Å². The fraction of sp³-hybridized carbons (Fsp3) is 0.278. The van der Waals surface area contributed by atoms with Crippen LogP contribution < -0.4 is 14.8 Å². The Morgan fingerprint density at radius 1 is 1.04 bits per heavy atom. The van der Waals surface area contributed by atoms with Gasteiger partial charge >= 0.3 is 0 Å². The lowest BCUT2D eigenvalue weighted by molar-refractivity contribution is 0.395. The second-order valence-corrected chi connectivity index (χ2v) is 6.71. The number of hydrogen-bond donors (Lipinski definition) is 2. The number of thioether (sulfide) groups is 1. The molecule has 0 atom stereocenters. The Morgan fingerprint density at radius 3 is 2.14 bits per heavy atom. The SMILES string of the molecule is CNc1nc(-c2c(Cl)c(OC)cc(OC)c2Cl)cc2cnc(SC)nc12.CO. The van der Waals surface area contributed by atoms with E-state index in [1.165, 1.54) is 26.0 Å². The number of rotatable bonds is 5. The first kappa shape index (κ1) is 22.3. The van der Waals surface area contributed by atoms with Crippen LogP contribution in [0.2, 0.25) is 10.0 Å². The summed E-state index contributed by atoms with van der Waals surface area (Å²) in [6.07, 6.45) is 3.67. The molecule has 2 heterocycles. The van der Waals surface area contributed by atoms with Gasteiger partial charge in [0.1, 0.15) is 17.0 Å². The summed E-state index contributed by atoms with van der Waals surface area (Å²) in [5.74, 6) is 1.50. The number of aliphatic hydroxyl groups is 1. The molecule has 1 aromatic carbocycles. The van der Waals surface area contributed by atoms with E-state index >= 15 is 0 Å². The molecule has 2 N–H and O–H groups in total. The summed E-state index contributed by atoms with van der Waals surface area (Å²) in [4.78, 5) is 13.5. The second kappa shape index (κ2) is 9.97. The van der Waals surface area contributed by atoms with Crippen LogP contribution in [0.1, 0.15) is 0 Å². The number of hydrogen-bond acceptors (Lipinski definition) is 8. The summed E-state index contributed by atoms with van der Waals surface area (Å²) in [5, 5.41) is 12.3. The molecule has 150 valence electrons. The molecule has 0 aliphatic carbocycles. The van der Waals surface area contributed by atoms with E-state index in [1.54, 1.807) is 19.3 Å².